The molecule has 48 heavy (non-hydrogen) atoms. The van der Waals surface area contributed by atoms with Gasteiger partial charge < -0.3 is 4.42 Å². The Labute approximate surface area is 275 Å². The van der Waals surface area contributed by atoms with Gasteiger partial charge in [-0.25, -0.2) is 0 Å². The van der Waals surface area contributed by atoms with E-state index in [-0.39, 0.29) is 0 Å². The van der Waals surface area contributed by atoms with Crippen molar-refractivity contribution in [3.8, 4) is 56.3 Å². The zero-order chi connectivity index (χ0) is 32.0. The van der Waals surface area contributed by atoms with E-state index in [4.69, 9.17) is 4.42 Å². The van der Waals surface area contributed by atoms with Crippen LogP contribution in [-0.4, -0.2) is 24.5 Å². The van der Waals surface area contributed by atoms with Gasteiger partial charge in [0, 0.05) is 105 Å². The van der Waals surface area contributed by atoms with Crippen molar-refractivity contribution in [2.75, 3.05) is 0 Å². The van der Waals surface area contributed by atoms with Crippen molar-refractivity contribution in [3.05, 3.63) is 152 Å². The smallest absolute Gasteiger partial charge is 0.213 e. The van der Waals surface area contributed by atoms with Crippen molar-refractivity contribution in [2.24, 2.45) is 0 Å². The molecule has 0 N–H and O–H groups in total. The summed E-state index contributed by atoms with van der Waals surface area (Å²) >= 11 is 0. The van der Waals surface area contributed by atoms with Gasteiger partial charge in [0.25, 0.3) is 0 Å². The molecule has 0 saturated heterocycles. The lowest BCUT2D eigenvalue weighted by atomic mass is 9.80. The Morgan fingerprint density at radius 3 is 1.58 bits per heavy atom. The molecule has 9 rings (SSSR count). The highest BCUT2D eigenvalue weighted by Gasteiger charge is 2.31. The van der Waals surface area contributed by atoms with E-state index in [1.807, 2.05) is 91.4 Å². The van der Waals surface area contributed by atoms with Crippen LogP contribution in [0.1, 0.15) is 5.56 Å². The zero-order valence-electron chi connectivity index (χ0n) is 25.4. The SMILES string of the molecule is N#Cc1c(-c2cccnc2)c(-c2cccnc2)c(-c2cccnc2)c(-c2cccnc2)c1-n1c2ccccc2c2c3ccccc3oc21. The Balaban J connectivity index is 1.60. The van der Waals surface area contributed by atoms with Gasteiger partial charge in [-0.05, 0) is 36.4 Å². The summed E-state index contributed by atoms with van der Waals surface area (Å²) in [4.78, 5) is 18.1. The second-order valence-corrected chi connectivity index (χ2v) is 11.4. The average molecular weight is 617 g/mol. The predicted octanol–water partition coefficient (Wildman–Crippen LogP) is 9.65. The largest absolute Gasteiger partial charge is 0.439 e. The summed E-state index contributed by atoms with van der Waals surface area (Å²) in [5, 5.41) is 14.4. The molecule has 224 valence electrons. The third kappa shape index (κ3) is 4.14. The fourth-order valence-electron chi connectivity index (χ4n) is 6.92. The van der Waals surface area contributed by atoms with Gasteiger partial charge in [-0.2, -0.15) is 5.26 Å². The molecule has 0 saturated carbocycles. The molecular weight excluding hydrogens is 592 g/mol. The Morgan fingerprint density at radius 2 is 1.02 bits per heavy atom. The average Bonchev–Trinajstić information content (AvgIpc) is 3.70. The summed E-state index contributed by atoms with van der Waals surface area (Å²) in [6.45, 7) is 0. The first-order valence-electron chi connectivity index (χ1n) is 15.5. The van der Waals surface area contributed by atoms with Crippen LogP contribution in [0.25, 0.3) is 83.2 Å². The molecule has 0 fully saturated rings. The van der Waals surface area contributed by atoms with Gasteiger partial charge in [0.1, 0.15) is 11.7 Å². The Morgan fingerprint density at radius 1 is 0.521 bits per heavy atom. The van der Waals surface area contributed by atoms with E-state index in [0.29, 0.717) is 17.0 Å². The number of benzene rings is 3. The molecule has 6 heterocycles. The van der Waals surface area contributed by atoms with Crippen LogP contribution in [0.4, 0.5) is 0 Å². The number of para-hydroxylation sites is 2. The normalized spacial score (nSPS) is 11.3. The highest BCUT2D eigenvalue weighted by atomic mass is 16.3. The van der Waals surface area contributed by atoms with Crippen molar-refractivity contribution < 1.29 is 4.42 Å². The first-order valence-corrected chi connectivity index (χ1v) is 15.5. The standard InChI is InChI=1S/C41H24N6O/c42-21-32-35(26-9-5-17-43-22-26)36(27-10-6-18-44-23-27)37(28-11-7-19-45-24-28)38(29-12-8-20-46-25-29)40(32)47-33-15-3-1-13-30(33)39-31-14-2-4-16-34(31)48-41(39)47/h1-20,22-25H. The Bertz CT molecular complexity index is 2660. The summed E-state index contributed by atoms with van der Waals surface area (Å²) in [7, 11) is 0. The van der Waals surface area contributed by atoms with Gasteiger partial charge in [0.05, 0.1) is 22.2 Å². The minimum Gasteiger partial charge on any atom is -0.439 e. The fourth-order valence-corrected chi connectivity index (χ4v) is 6.92. The fraction of sp³-hybridized carbons (Fsp3) is 0. The minimum absolute atomic E-state index is 0.469. The molecule has 0 amide bonds. The van der Waals surface area contributed by atoms with Crippen LogP contribution in [-0.2, 0) is 0 Å². The number of nitriles is 1. The summed E-state index contributed by atoms with van der Waals surface area (Å²) in [6.07, 6.45) is 14.4. The number of fused-ring (bicyclic) bond motifs is 5. The van der Waals surface area contributed by atoms with E-state index in [0.717, 1.165) is 71.8 Å². The van der Waals surface area contributed by atoms with Crippen LogP contribution < -0.4 is 0 Å². The second-order valence-electron chi connectivity index (χ2n) is 11.4. The molecule has 0 aliphatic carbocycles. The van der Waals surface area contributed by atoms with E-state index < -0.39 is 0 Å². The van der Waals surface area contributed by atoms with Crippen LogP contribution in [0.5, 0.6) is 0 Å². The van der Waals surface area contributed by atoms with Crippen molar-refractivity contribution >= 4 is 33.0 Å². The van der Waals surface area contributed by atoms with Crippen LogP contribution in [0, 0.1) is 11.3 Å². The van der Waals surface area contributed by atoms with Gasteiger partial charge in [-0.3, -0.25) is 24.5 Å². The highest BCUT2D eigenvalue weighted by Crippen LogP contribution is 2.52. The molecule has 0 aliphatic heterocycles. The van der Waals surface area contributed by atoms with Gasteiger partial charge in [0.2, 0.25) is 5.71 Å². The van der Waals surface area contributed by atoms with Crippen LogP contribution in [0.2, 0.25) is 0 Å². The summed E-state index contributed by atoms with van der Waals surface area (Å²) < 4.78 is 8.83. The Hall–Kier alpha value is -6.91. The molecule has 7 nitrogen and oxygen atoms in total. The first-order chi connectivity index (χ1) is 23.8. The number of pyridine rings is 4. The summed E-state index contributed by atoms with van der Waals surface area (Å²) in [5.74, 6) is 0. The zero-order valence-corrected chi connectivity index (χ0v) is 25.4. The number of aromatic nitrogens is 5. The Kier molecular flexibility index (Phi) is 6.37. The monoisotopic (exact) mass is 616 g/mol. The number of hydrogen-bond acceptors (Lipinski definition) is 6. The molecule has 3 aromatic carbocycles. The maximum absolute atomic E-state index is 11.4. The molecule has 6 aromatic heterocycles. The molecular formula is C41H24N6O. The van der Waals surface area contributed by atoms with Gasteiger partial charge in [-0.1, -0.05) is 60.7 Å². The number of furan rings is 1. The van der Waals surface area contributed by atoms with Crippen LogP contribution in [0.15, 0.2) is 151 Å². The minimum atomic E-state index is 0.469. The molecule has 0 aliphatic rings. The van der Waals surface area contributed by atoms with Crippen molar-refractivity contribution in [1.29, 1.82) is 5.26 Å². The van der Waals surface area contributed by atoms with E-state index >= 15 is 0 Å². The van der Waals surface area contributed by atoms with Crippen molar-refractivity contribution in [2.45, 2.75) is 0 Å². The number of rotatable bonds is 5. The third-order valence-corrected chi connectivity index (χ3v) is 8.80. The van der Waals surface area contributed by atoms with Crippen LogP contribution in [0.3, 0.4) is 0 Å². The molecule has 0 atom stereocenters. The number of nitrogens with zero attached hydrogens (tertiary/aromatic N) is 6. The topological polar surface area (TPSA) is 93.4 Å². The quantitative estimate of drug-likeness (QED) is 0.191. The van der Waals surface area contributed by atoms with Gasteiger partial charge >= 0.3 is 0 Å². The predicted molar refractivity (Wildman–Crippen MR) is 188 cm³/mol. The van der Waals surface area contributed by atoms with E-state index in [9.17, 15) is 5.26 Å². The molecule has 7 heteroatoms. The molecule has 9 aromatic rings. The second kappa shape index (κ2) is 11.2. The molecule has 0 bridgehead atoms. The molecule has 0 spiro atoms. The van der Waals surface area contributed by atoms with Gasteiger partial charge in [0.15, 0.2) is 0 Å². The van der Waals surface area contributed by atoms with E-state index in [1.54, 1.807) is 31.0 Å². The summed E-state index contributed by atoms with van der Waals surface area (Å²) in [6, 6.07) is 34.7. The van der Waals surface area contributed by atoms with E-state index in [2.05, 4.69) is 54.8 Å². The number of hydrogen-bond donors (Lipinski definition) is 0. The lowest BCUT2D eigenvalue weighted by Gasteiger charge is -2.26. The van der Waals surface area contributed by atoms with Crippen molar-refractivity contribution in [1.82, 2.24) is 24.5 Å². The lowest BCUT2D eigenvalue weighted by molar-refractivity contribution is 0.645. The molecule has 0 radical (unpaired) electrons. The summed E-state index contributed by atoms with van der Waals surface area (Å²) in [5.41, 5.74) is 10.2. The first kappa shape index (κ1) is 27.4. The van der Waals surface area contributed by atoms with Gasteiger partial charge in [-0.15, -0.1) is 0 Å². The van der Waals surface area contributed by atoms with Crippen molar-refractivity contribution in [3.63, 3.8) is 0 Å². The maximum atomic E-state index is 11.4. The maximum Gasteiger partial charge on any atom is 0.213 e. The highest BCUT2D eigenvalue weighted by molar-refractivity contribution is 6.21. The van der Waals surface area contributed by atoms with E-state index in [1.165, 1.54) is 0 Å². The third-order valence-electron chi connectivity index (χ3n) is 8.80. The van der Waals surface area contributed by atoms with Crippen LogP contribution >= 0.6 is 0 Å². The lowest BCUT2D eigenvalue weighted by Crippen LogP contribution is -2.07. The molecule has 0 unspecified atom stereocenters.